The van der Waals surface area contributed by atoms with Crippen LogP contribution in [0.1, 0.15) is 25.7 Å². The predicted molar refractivity (Wildman–Crippen MR) is 67.0 cm³/mol. The molecule has 1 aromatic heterocycles. The Kier molecular flexibility index (Phi) is 2.90. The second kappa shape index (κ2) is 4.70. The summed E-state index contributed by atoms with van der Waals surface area (Å²) in [4.78, 5) is 8.23. The Morgan fingerprint density at radius 2 is 2.12 bits per heavy atom. The van der Waals surface area contributed by atoms with Crippen LogP contribution in [-0.2, 0) is 0 Å². The number of nitrogens with zero attached hydrogens (tertiary/aromatic N) is 2. The molecule has 1 aromatic carbocycles. The Morgan fingerprint density at radius 3 is 3.00 bits per heavy atom. The van der Waals surface area contributed by atoms with Gasteiger partial charge in [0.2, 0.25) is 0 Å². The first-order chi connectivity index (χ1) is 8.42. The number of hydrogen-bond donors (Lipinski definition) is 0. The highest BCUT2D eigenvalue weighted by molar-refractivity contribution is 5.78. The minimum Gasteiger partial charge on any atom is -0.493 e. The maximum Gasteiger partial charge on any atom is 0.121 e. The Morgan fingerprint density at radius 1 is 1.24 bits per heavy atom. The fourth-order valence-electron chi connectivity index (χ4n) is 2.43. The van der Waals surface area contributed by atoms with E-state index in [1.165, 1.54) is 25.7 Å². The Labute approximate surface area is 101 Å². The van der Waals surface area contributed by atoms with Gasteiger partial charge in [-0.2, -0.15) is 0 Å². The third kappa shape index (κ3) is 2.38. The van der Waals surface area contributed by atoms with Crippen LogP contribution in [0.15, 0.2) is 30.7 Å². The molecule has 0 N–H and O–H groups in total. The molecule has 3 heteroatoms. The molecule has 0 amide bonds. The van der Waals surface area contributed by atoms with Crippen molar-refractivity contribution in [1.29, 1.82) is 0 Å². The molecule has 0 atom stereocenters. The van der Waals surface area contributed by atoms with E-state index < -0.39 is 0 Å². The fraction of sp³-hybridized carbons (Fsp3) is 0.429. The van der Waals surface area contributed by atoms with Crippen LogP contribution in [0.2, 0.25) is 0 Å². The predicted octanol–water partition coefficient (Wildman–Crippen LogP) is 3.20. The van der Waals surface area contributed by atoms with Crippen LogP contribution in [0.5, 0.6) is 5.75 Å². The lowest BCUT2D eigenvalue weighted by molar-refractivity contribution is 0.252. The molecule has 0 saturated heterocycles. The van der Waals surface area contributed by atoms with E-state index in [0.29, 0.717) is 0 Å². The summed E-state index contributed by atoms with van der Waals surface area (Å²) >= 11 is 0. The zero-order chi connectivity index (χ0) is 11.5. The van der Waals surface area contributed by atoms with Crippen LogP contribution >= 0.6 is 0 Å². The zero-order valence-corrected chi connectivity index (χ0v) is 9.80. The first kappa shape index (κ1) is 10.5. The van der Waals surface area contributed by atoms with Gasteiger partial charge in [-0.25, -0.2) is 9.97 Å². The van der Waals surface area contributed by atoms with E-state index in [1.54, 1.807) is 6.33 Å². The molecule has 1 saturated carbocycles. The number of aromatic nitrogens is 2. The second-order valence-electron chi connectivity index (χ2n) is 4.70. The molecule has 88 valence electrons. The first-order valence-corrected chi connectivity index (χ1v) is 6.24. The van der Waals surface area contributed by atoms with Gasteiger partial charge in [-0.3, -0.25) is 0 Å². The van der Waals surface area contributed by atoms with Crippen molar-refractivity contribution in [2.75, 3.05) is 6.61 Å². The highest BCUT2D eigenvalue weighted by Gasteiger charge is 2.15. The summed E-state index contributed by atoms with van der Waals surface area (Å²) in [6.45, 7) is 0.844. The molecule has 0 unspecified atom stereocenters. The fourth-order valence-corrected chi connectivity index (χ4v) is 2.43. The van der Waals surface area contributed by atoms with E-state index >= 15 is 0 Å². The van der Waals surface area contributed by atoms with Crippen molar-refractivity contribution < 1.29 is 4.74 Å². The van der Waals surface area contributed by atoms with Crippen LogP contribution in [-0.4, -0.2) is 16.6 Å². The molecule has 1 fully saturated rings. The molecule has 0 spiro atoms. The van der Waals surface area contributed by atoms with Gasteiger partial charge in [-0.1, -0.05) is 12.8 Å². The van der Waals surface area contributed by atoms with Gasteiger partial charge in [-0.15, -0.1) is 0 Å². The summed E-state index contributed by atoms with van der Waals surface area (Å²) in [5, 5.41) is 1.06. The van der Waals surface area contributed by atoms with Crippen LogP contribution in [0.4, 0.5) is 0 Å². The largest absolute Gasteiger partial charge is 0.493 e. The lowest BCUT2D eigenvalue weighted by Crippen LogP contribution is -2.07. The maximum atomic E-state index is 5.84. The summed E-state index contributed by atoms with van der Waals surface area (Å²) < 4.78 is 5.84. The standard InChI is InChI=1S/C14H16N2O/c1-2-4-11(3-1)9-17-13-6-5-12-8-15-10-16-14(12)7-13/h5-8,10-11H,1-4,9H2. The zero-order valence-electron chi connectivity index (χ0n) is 9.80. The van der Waals surface area contributed by atoms with Gasteiger partial charge in [0.25, 0.3) is 0 Å². The van der Waals surface area contributed by atoms with E-state index in [-0.39, 0.29) is 0 Å². The van der Waals surface area contributed by atoms with Crippen LogP contribution in [0.3, 0.4) is 0 Å². The Bertz CT molecular complexity index is 506. The van der Waals surface area contributed by atoms with Crippen LogP contribution < -0.4 is 4.74 Å². The molecule has 3 nitrogen and oxygen atoms in total. The van der Waals surface area contributed by atoms with Gasteiger partial charge >= 0.3 is 0 Å². The molecule has 0 radical (unpaired) electrons. The highest BCUT2D eigenvalue weighted by Crippen LogP contribution is 2.26. The quantitative estimate of drug-likeness (QED) is 0.809. The summed E-state index contributed by atoms with van der Waals surface area (Å²) in [6, 6.07) is 6.01. The van der Waals surface area contributed by atoms with Crippen molar-refractivity contribution in [1.82, 2.24) is 9.97 Å². The van der Waals surface area contributed by atoms with Gasteiger partial charge in [0.05, 0.1) is 12.1 Å². The lowest BCUT2D eigenvalue weighted by atomic mass is 10.1. The van der Waals surface area contributed by atoms with Crippen molar-refractivity contribution >= 4 is 10.9 Å². The molecule has 1 aliphatic rings. The number of fused-ring (bicyclic) bond motifs is 1. The minimum atomic E-state index is 0.746. The topological polar surface area (TPSA) is 35.0 Å². The molecule has 17 heavy (non-hydrogen) atoms. The van der Waals surface area contributed by atoms with Crippen molar-refractivity contribution in [3.05, 3.63) is 30.7 Å². The molecule has 1 heterocycles. The van der Waals surface area contributed by atoms with Crippen molar-refractivity contribution in [2.45, 2.75) is 25.7 Å². The van der Waals surface area contributed by atoms with E-state index in [1.807, 2.05) is 24.4 Å². The summed E-state index contributed by atoms with van der Waals surface area (Å²) in [5.74, 6) is 1.67. The molecule has 0 bridgehead atoms. The number of ether oxygens (including phenoxy) is 1. The van der Waals surface area contributed by atoms with E-state index in [0.717, 1.165) is 29.2 Å². The van der Waals surface area contributed by atoms with Gasteiger partial charge in [0.1, 0.15) is 12.1 Å². The lowest BCUT2D eigenvalue weighted by Gasteiger charge is -2.11. The molecule has 1 aliphatic carbocycles. The average molecular weight is 228 g/mol. The van der Waals surface area contributed by atoms with Gasteiger partial charge < -0.3 is 4.74 Å². The van der Waals surface area contributed by atoms with E-state index in [2.05, 4.69) is 9.97 Å². The molecule has 2 aromatic rings. The minimum absolute atomic E-state index is 0.746. The van der Waals surface area contributed by atoms with Crippen LogP contribution in [0, 0.1) is 5.92 Å². The summed E-state index contributed by atoms with van der Waals surface area (Å²) in [7, 11) is 0. The van der Waals surface area contributed by atoms with Crippen molar-refractivity contribution in [3.8, 4) is 5.75 Å². The van der Waals surface area contributed by atoms with Crippen molar-refractivity contribution in [2.24, 2.45) is 5.92 Å². The van der Waals surface area contributed by atoms with Crippen LogP contribution in [0.25, 0.3) is 10.9 Å². The SMILES string of the molecule is c1ncc2ccc(OCC3CCCC3)cc2n1. The molecule has 0 aliphatic heterocycles. The summed E-state index contributed by atoms with van der Waals surface area (Å²) in [5.41, 5.74) is 0.948. The average Bonchev–Trinajstić information content (AvgIpc) is 2.89. The van der Waals surface area contributed by atoms with E-state index in [9.17, 15) is 0 Å². The van der Waals surface area contributed by atoms with E-state index in [4.69, 9.17) is 4.74 Å². The number of hydrogen-bond acceptors (Lipinski definition) is 3. The highest BCUT2D eigenvalue weighted by atomic mass is 16.5. The monoisotopic (exact) mass is 228 g/mol. The molecular weight excluding hydrogens is 212 g/mol. The van der Waals surface area contributed by atoms with Crippen molar-refractivity contribution in [3.63, 3.8) is 0 Å². The molecular formula is C14H16N2O. The maximum absolute atomic E-state index is 5.84. The number of benzene rings is 1. The normalized spacial score (nSPS) is 16.5. The van der Waals surface area contributed by atoms with Gasteiger partial charge in [0, 0.05) is 17.6 Å². The van der Waals surface area contributed by atoms with Gasteiger partial charge in [-0.05, 0) is 30.9 Å². The smallest absolute Gasteiger partial charge is 0.121 e. The third-order valence-corrected chi connectivity index (χ3v) is 3.44. The Hall–Kier alpha value is -1.64. The second-order valence-corrected chi connectivity index (χ2v) is 4.70. The van der Waals surface area contributed by atoms with Gasteiger partial charge in [0.15, 0.2) is 0 Å². The summed E-state index contributed by atoms with van der Waals surface area (Å²) in [6.07, 6.45) is 8.75. The number of rotatable bonds is 3. The first-order valence-electron chi connectivity index (χ1n) is 6.24. The molecule has 3 rings (SSSR count). The Balaban J connectivity index is 1.72. The third-order valence-electron chi connectivity index (χ3n) is 3.44.